The van der Waals surface area contributed by atoms with Crippen LogP contribution < -0.4 is 0 Å². The van der Waals surface area contributed by atoms with Gasteiger partial charge in [-0.25, -0.2) is 0 Å². The Hall–Kier alpha value is 0.350. The standard InChI is InChI=1S/C10H18S/c11-10-6-5-8-3-1-2-4-9(8)7-10/h8-11H,1-7H2. The molecule has 0 aromatic rings. The van der Waals surface area contributed by atoms with Gasteiger partial charge < -0.3 is 0 Å². The van der Waals surface area contributed by atoms with Crippen LogP contribution in [0.1, 0.15) is 44.9 Å². The molecule has 2 saturated carbocycles. The van der Waals surface area contributed by atoms with Crippen LogP contribution in [0.4, 0.5) is 0 Å². The van der Waals surface area contributed by atoms with E-state index >= 15 is 0 Å². The highest BCUT2D eigenvalue weighted by atomic mass is 32.1. The van der Waals surface area contributed by atoms with Gasteiger partial charge in [0.2, 0.25) is 0 Å². The zero-order valence-corrected chi connectivity index (χ0v) is 8.02. The van der Waals surface area contributed by atoms with Gasteiger partial charge >= 0.3 is 0 Å². The van der Waals surface area contributed by atoms with Crippen molar-refractivity contribution in [3.05, 3.63) is 0 Å². The van der Waals surface area contributed by atoms with E-state index in [1.165, 1.54) is 44.9 Å². The molecular weight excluding hydrogens is 152 g/mol. The van der Waals surface area contributed by atoms with Crippen LogP contribution in [0.2, 0.25) is 0 Å². The van der Waals surface area contributed by atoms with Crippen molar-refractivity contribution < 1.29 is 0 Å². The molecule has 2 rings (SSSR count). The van der Waals surface area contributed by atoms with E-state index in [9.17, 15) is 0 Å². The number of fused-ring (bicyclic) bond motifs is 1. The fourth-order valence-electron chi connectivity index (χ4n) is 2.85. The first-order valence-corrected chi connectivity index (χ1v) is 5.56. The van der Waals surface area contributed by atoms with Gasteiger partial charge in [0.15, 0.2) is 0 Å². The van der Waals surface area contributed by atoms with Crippen molar-refractivity contribution in [2.75, 3.05) is 0 Å². The van der Waals surface area contributed by atoms with E-state index in [1.807, 2.05) is 0 Å². The first-order valence-electron chi connectivity index (χ1n) is 5.04. The highest BCUT2D eigenvalue weighted by molar-refractivity contribution is 7.80. The second kappa shape index (κ2) is 3.38. The van der Waals surface area contributed by atoms with Crippen molar-refractivity contribution in [3.8, 4) is 0 Å². The lowest BCUT2D eigenvalue weighted by atomic mass is 9.71. The smallest absolute Gasteiger partial charge is 0.00196 e. The Morgan fingerprint density at radius 2 is 1.55 bits per heavy atom. The van der Waals surface area contributed by atoms with Crippen LogP contribution in [0.25, 0.3) is 0 Å². The third-order valence-electron chi connectivity index (χ3n) is 3.51. The van der Waals surface area contributed by atoms with Gasteiger partial charge in [0, 0.05) is 5.25 Å². The number of hydrogen-bond donors (Lipinski definition) is 1. The van der Waals surface area contributed by atoms with E-state index < -0.39 is 0 Å². The number of rotatable bonds is 0. The van der Waals surface area contributed by atoms with Crippen LogP contribution in [0.5, 0.6) is 0 Å². The molecule has 11 heavy (non-hydrogen) atoms. The van der Waals surface area contributed by atoms with Crippen molar-refractivity contribution in [2.24, 2.45) is 11.8 Å². The third kappa shape index (κ3) is 1.74. The summed E-state index contributed by atoms with van der Waals surface area (Å²) in [5.74, 6) is 2.15. The summed E-state index contributed by atoms with van der Waals surface area (Å²) in [5, 5.41) is 0.731. The molecule has 0 aromatic carbocycles. The second-order valence-electron chi connectivity index (χ2n) is 4.27. The molecule has 64 valence electrons. The topological polar surface area (TPSA) is 0 Å². The maximum Gasteiger partial charge on any atom is 0.00196 e. The van der Waals surface area contributed by atoms with Gasteiger partial charge in [-0.1, -0.05) is 25.7 Å². The van der Waals surface area contributed by atoms with Crippen LogP contribution in [0.15, 0.2) is 0 Å². The van der Waals surface area contributed by atoms with Crippen molar-refractivity contribution in [1.29, 1.82) is 0 Å². The maximum absolute atomic E-state index is 4.58. The van der Waals surface area contributed by atoms with Gasteiger partial charge in [0.25, 0.3) is 0 Å². The van der Waals surface area contributed by atoms with Gasteiger partial charge in [-0.2, -0.15) is 12.6 Å². The highest BCUT2D eigenvalue weighted by Crippen LogP contribution is 2.41. The number of thiol groups is 1. The van der Waals surface area contributed by atoms with Crippen LogP contribution >= 0.6 is 12.6 Å². The summed E-state index contributed by atoms with van der Waals surface area (Å²) < 4.78 is 0. The molecular formula is C10H18S. The van der Waals surface area contributed by atoms with Gasteiger partial charge in [0.1, 0.15) is 0 Å². The Balaban J connectivity index is 1.93. The summed E-state index contributed by atoms with van der Waals surface area (Å²) in [6, 6.07) is 0. The SMILES string of the molecule is SC1CCC2CCCCC2C1. The van der Waals surface area contributed by atoms with E-state index in [4.69, 9.17) is 0 Å². The van der Waals surface area contributed by atoms with Crippen LogP contribution in [0.3, 0.4) is 0 Å². The van der Waals surface area contributed by atoms with Crippen LogP contribution in [-0.4, -0.2) is 5.25 Å². The van der Waals surface area contributed by atoms with Gasteiger partial charge in [0.05, 0.1) is 0 Å². The number of hydrogen-bond acceptors (Lipinski definition) is 1. The molecule has 0 saturated heterocycles. The fraction of sp³-hybridized carbons (Fsp3) is 1.00. The summed E-state index contributed by atoms with van der Waals surface area (Å²) in [7, 11) is 0. The zero-order chi connectivity index (χ0) is 7.68. The van der Waals surface area contributed by atoms with E-state index in [0.29, 0.717) is 0 Å². The molecule has 1 heteroatoms. The van der Waals surface area contributed by atoms with Crippen molar-refractivity contribution >= 4 is 12.6 Å². The van der Waals surface area contributed by atoms with E-state index in [0.717, 1.165) is 17.1 Å². The largest absolute Gasteiger partial charge is 0.176 e. The molecule has 0 N–H and O–H groups in total. The van der Waals surface area contributed by atoms with E-state index in [2.05, 4.69) is 12.6 Å². The first kappa shape index (κ1) is 7.97. The van der Waals surface area contributed by atoms with Crippen molar-refractivity contribution in [1.82, 2.24) is 0 Å². The average Bonchev–Trinajstić information content (AvgIpc) is 2.04. The summed E-state index contributed by atoms with van der Waals surface area (Å²) in [4.78, 5) is 0. The molecule has 3 atom stereocenters. The molecule has 0 amide bonds. The molecule has 0 aromatic heterocycles. The lowest BCUT2D eigenvalue weighted by molar-refractivity contribution is 0.175. The maximum atomic E-state index is 4.58. The Morgan fingerprint density at radius 3 is 2.36 bits per heavy atom. The van der Waals surface area contributed by atoms with Gasteiger partial charge in [-0.3, -0.25) is 0 Å². The fourth-order valence-corrected chi connectivity index (χ4v) is 3.27. The molecule has 0 heterocycles. The Labute approximate surface area is 75.2 Å². The predicted octanol–water partition coefficient (Wildman–Crippen LogP) is 3.28. The summed E-state index contributed by atoms with van der Waals surface area (Å²) in [6.45, 7) is 0. The predicted molar refractivity (Wildman–Crippen MR) is 52.1 cm³/mol. The minimum Gasteiger partial charge on any atom is -0.176 e. The molecule has 0 aliphatic heterocycles. The molecule has 2 fully saturated rings. The normalized spacial score (nSPS) is 45.0. The average molecular weight is 170 g/mol. The summed E-state index contributed by atoms with van der Waals surface area (Å²) in [5.41, 5.74) is 0. The molecule has 2 aliphatic carbocycles. The monoisotopic (exact) mass is 170 g/mol. The van der Waals surface area contributed by atoms with Crippen LogP contribution in [0, 0.1) is 11.8 Å². The van der Waals surface area contributed by atoms with E-state index in [-0.39, 0.29) is 0 Å². The zero-order valence-electron chi connectivity index (χ0n) is 7.13. The molecule has 0 nitrogen and oxygen atoms in total. The summed E-state index contributed by atoms with van der Waals surface area (Å²) in [6.07, 6.45) is 10.3. The highest BCUT2D eigenvalue weighted by Gasteiger charge is 2.30. The van der Waals surface area contributed by atoms with E-state index in [1.54, 1.807) is 0 Å². The lowest BCUT2D eigenvalue weighted by Crippen LogP contribution is -2.27. The summed E-state index contributed by atoms with van der Waals surface area (Å²) >= 11 is 4.58. The quantitative estimate of drug-likeness (QED) is 0.530. The van der Waals surface area contributed by atoms with Gasteiger partial charge in [-0.05, 0) is 31.1 Å². The van der Waals surface area contributed by atoms with Crippen molar-refractivity contribution in [3.63, 3.8) is 0 Å². The Morgan fingerprint density at radius 1 is 0.818 bits per heavy atom. The second-order valence-corrected chi connectivity index (χ2v) is 5.00. The Kier molecular flexibility index (Phi) is 2.45. The Bertz CT molecular complexity index is 133. The van der Waals surface area contributed by atoms with Crippen molar-refractivity contribution in [2.45, 2.75) is 50.2 Å². The lowest BCUT2D eigenvalue weighted by Gasteiger charge is -2.37. The molecule has 0 radical (unpaired) electrons. The minimum atomic E-state index is 0.731. The third-order valence-corrected chi connectivity index (χ3v) is 3.98. The molecule has 3 unspecified atom stereocenters. The minimum absolute atomic E-state index is 0.731. The molecule has 0 spiro atoms. The van der Waals surface area contributed by atoms with Crippen LogP contribution in [-0.2, 0) is 0 Å². The molecule has 0 bridgehead atoms. The molecule has 2 aliphatic rings. The van der Waals surface area contributed by atoms with Gasteiger partial charge in [-0.15, -0.1) is 0 Å². The first-order chi connectivity index (χ1) is 5.36.